The SMILES string of the molecule is CC(C)(C)CCNC(=N)N(C(=O)c1ccc(-n2cnnn2)c(F)c1)[C@H](COC(=O)NC1(C(F)(F)F)CC1)c1ccc(Cl)c(-n2ncnc2C(F)F)c1. The van der Waals surface area contributed by atoms with Crippen molar-refractivity contribution in [2.24, 2.45) is 5.41 Å². The number of alkyl halides is 5. The van der Waals surface area contributed by atoms with Gasteiger partial charge in [0, 0.05) is 12.1 Å². The van der Waals surface area contributed by atoms with Crippen LogP contribution in [0.4, 0.5) is 31.1 Å². The molecule has 2 amide bonds. The Morgan fingerprint density at radius 3 is 2.44 bits per heavy atom. The molecule has 52 heavy (non-hydrogen) atoms. The number of tetrazole rings is 1. The fraction of sp³-hybridized carbons (Fsp3) is 0.419. The molecule has 0 unspecified atom stereocenters. The van der Waals surface area contributed by atoms with Crippen LogP contribution in [0.2, 0.25) is 5.02 Å². The molecule has 14 nitrogen and oxygen atoms in total. The van der Waals surface area contributed by atoms with Gasteiger partial charge in [-0.05, 0) is 71.0 Å². The van der Waals surface area contributed by atoms with Crippen LogP contribution in [0.5, 0.6) is 0 Å². The third-order valence-electron chi connectivity index (χ3n) is 8.09. The van der Waals surface area contributed by atoms with E-state index in [4.69, 9.17) is 21.7 Å². The van der Waals surface area contributed by atoms with Crippen LogP contribution in [0, 0.1) is 16.6 Å². The normalized spacial score (nSPS) is 14.5. The minimum absolute atomic E-state index is 0.0152. The summed E-state index contributed by atoms with van der Waals surface area (Å²) < 4.78 is 90.9. The van der Waals surface area contributed by atoms with Gasteiger partial charge >= 0.3 is 12.3 Å². The quantitative estimate of drug-likeness (QED) is 0.0954. The van der Waals surface area contributed by atoms with Crippen molar-refractivity contribution in [1.82, 2.24) is 50.5 Å². The molecule has 3 N–H and O–H groups in total. The smallest absolute Gasteiger partial charge is 0.411 e. The minimum Gasteiger partial charge on any atom is -0.447 e. The molecule has 5 rings (SSSR count). The van der Waals surface area contributed by atoms with E-state index >= 15 is 4.39 Å². The molecule has 1 fully saturated rings. The van der Waals surface area contributed by atoms with Gasteiger partial charge in [0.15, 0.2) is 11.8 Å². The van der Waals surface area contributed by atoms with Crippen LogP contribution in [-0.2, 0) is 4.74 Å². The molecule has 1 saturated carbocycles. The molecule has 0 spiro atoms. The molecule has 2 aromatic heterocycles. The summed E-state index contributed by atoms with van der Waals surface area (Å²) in [6, 6.07) is 5.56. The molecule has 2 aromatic carbocycles. The Bertz CT molecular complexity index is 1930. The molecule has 0 saturated heterocycles. The van der Waals surface area contributed by atoms with Crippen molar-refractivity contribution in [3.05, 3.63) is 76.8 Å². The van der Waals surface area contributed by atoms with E-state index < -0.39 is 60.4 Å². The molecule has 4 aromatic rings. The Morgan fingerprint density at radius 2 is 1.85 bits per heavy atom. The summed E-state index contributed by atoms with van der Waals surface area (Å²) >= 11 is 6.38. The Hall–Kier alpha value is -5.27. The van der Waals surface area contributed by atoms with E-state index in [0.29, 0.717) is 6.42 Å². The number of carbonyl (C=O) groups is 2. The number of alkyl carbamates (subject to hydrolysis) is 1. The zero-order valence-electron chi connectivity index (χ0n) is 27.8. The van der Waals surface area contributed by atoms with E-state index in [9.17, 15) is 31.5 Å². The van der Waals surface area contributed by atoms with E-state index in [-0.39, 0.29) is 52.3 Å². The highest BCUT2D eigenvalue weighted by atomic mass is 35.5. The molecule has 1 atom stereocenters. The summed E-state index contributed by atoms with van der Waals surface area (Å²) in [7, 11) is 0. The van der Waals surface area contributed by atoms with E-state index in [1.54, 1.807) is 0 Å². The molecule has 0 bridgehead atoms. The van der Waals surface area contributed by atoms with Gasteiger partial charge in [0.1, 0.15) is 36.3 Å². The van der Waals surface area contributed by atoms with E-state index in [1.165, 1.54) is 30.3 Å². The summed E-state index contributed by atoms with van der Waals surface area (Å²) in [6.07, 6.45) is -7.59. The molecule has 2 heterocycles. The Balaban J connectivity index is 1.58. The maximum Gasteiger partial charge on any atom is 0.411 e. The number of carbonyl (C=O) groups excluding carboxylic acids is 2. The van der Waals surface area contributed by atoms with Crippen molar-refractivity contribution in [3.63, 3.8) is 0 Å². The summed E-state index contributed by atoms with van der Waals surface area (Å²) in [4.78, 5) is 31.5. The molecule has 1 aliphatic rings. The van der Waals surface area contributed by atoms with Gasteiger partial charge in [-0.1, -0.05) is 38.4 Å². The summed E-state index contributed by atoms with van der Waals surface area (Å²) in [6.45, 7) is 5.10. The molecule has 0 aliphatic heterocycles. The van der Waals surface area contributed by atoms with Crippen molar-refractivity contribution >= 4 is 29.6 Å². The number of guanidine groups is 1. The number of hydrogen-bond acceptors (Lipinski definition) is 9. The summed E-state index contributed by atoms with van der Waals surface area (Å²) in [5, 5.41) is 27.9. The number of hydrogen-bond donors (Lipinski definition) is 3. The topological polar surface area (TPSA) is 169 Å². The van der Waals surface area contributed by atoms with E-state index in [0.717, 1.165) is 33.0 Å². The zero-order chi connectivity index (χ0) is 38.0. The van der Waals surface area contributed by atoms with Gasteiger partial charge in [0.25, 0.3) is 12.3 Å². The van der Waals surface area contributed by atoms with E-state index in [1.807, 2.05) is 26.1 Å². The van der Waals surface area contributed by atoms with Gasteiger partial charge in [-0.25, -0.2) is 27.6 Å². The summed E-state index contributed by atoms with van der Waals surface area (Å²) in [5.74, 6) is -3.29. The largest absolute Gasteiger partial charge is 0.447 e. The first kappa shape index (κ1) is 38.0. The molecular weight excluding hydrogens is 724 g/mol. The third kappa shape index (κ3) is 8.43. The lowest BCUT2D eigenvalue weighted by atomic mass is 9.92. The second-order valence-electron chi connectivity index (χ2n) is 13.0. The molecule has 278 valence electrons. The van der Waals surface area contributed by atoms with Gasteiger partial charge in [-0.3, -0.25) is 15.1 Å². The average Bonchev–Trinajstić information content (AvgIpc) is 3.42. The van der Waals surface area contributed by atoms with Crippen LogP contribution in [0.3, 0.4) is 0 Å². The van der Waals surface area contributed by atoms with Crippen molar-refractivity contribution < 1.29 is 40.7 Å². The maximum absolute atomic E-state index is 15.3. The summed E-state index contributed by atoms with van der Waals surface area (Å²) in [5.41, 5.74) is -3.26. The van der Waals surface area contributed by atoms with Crippen LogP contribution >= 0.6 is 11.6 Å². The van der Waals surface area contributed by atoms with E-state index in [2.05, 4.69) is 30.9 Å². The third-order valence-corrected chi connectivity index (χ3v) is 8.41. The number of rotatable bonds is 11. The lowest BCUT2D eigenvalue weighted by Gasteiger charge is -2.33. The van der Waals surface area contributed by atoms with Crippen LogP contribution in [-0.4, -0.2) is 82.7 Å². The van der Waals surface area contributed by atoms with Crippen molar-refractivity contribution in [3.8, 4) is 11.4 Å². The highest BCUT2D eigenvalue weighted by Gasteiger charge is 2.64. The lowest BCUT2D eigenvalue weighted by Crippen LogP contribution is -2.50. The Kier molecular flexibility index (Phi) is 10.8. The Labute approximate surface area is 297 Å². The highest BCUT2D eigenvalue weighted by Crippen LogP contribution is 2.49. The van der Waals surface area contributed by atoms with Gasteiger partial charge in [0.2, 0.25) is 0 Å². The lowest BCUT2D eigenvalue weighted by molar-refractivity contribution is -0.164. The number of ether oxygens (including phenoxy) is 1. The van der Waals surface area contributed by atoms with Gasteiger partial charge < -0.3 is 15.4 Å². The fourth-order valence-corrected chi connectivity index (χ4v) is 5.27. The first-order valence-electron chi connectivity index (χ1n) is 15.6. The first-order valence-corrected chi connectivity index (χ1v) is 16.0. The van der Waals surface area contributed by atoms with Crippen molar-refractivity contribution in [1.29, 1.82) is 5.41 Å². The van der Waals surface area contributed by atoms with Crippen LogP contribution in [0.15, 0.2) is 49.1 Å². The molecular formula is C31H32ClF6N11O3. The first-order chi connectivity index (χ1) is 24.4. The highest BCUT2D eigenvalue weighted by molar-refractivity contribution is 6.32. The number of amides is 2. The average molecular weight is 756 g/mol. The maximum atomic E-state index is 15.3. The van der Waals surface area contributed by atoms with Crippen molar-refractivity contribution in [2.75, 3.05) is 13.2 Å². The van der Waals surface area contributed by atoms with Crippen LogP contribution in [0.25, 0.3) is 11.4 Å². The van der Waals surface area contributed by atoms with Gasteiger partial charge in [-0.2, -0.15) is 23.0 Å². The minimum atomic E-state index is -4.77. The molecule has 21 heteroatoms. The van der Waals surface area contributed by atoms with Crippen molar-refractivity contribution in [2.45, 2.75) is 64.2 Å². The Morgan fingerprint density at radius 1 is 1.12 bits per heavy atom. The van der Waals surface area contributed by atoms with Gasteiger partial charge in [0.05, 0.1) is 16.8 Å². The van der Waals surface area contributed by atoms with Crippen LogP contribution in [0.1, 0.15) is 74.2 Å². The predicted molar refractivity (Wildman–Crippen MR) is 172 cm³/mol. The number of nitrogens with zero attached hydrogens (tertiary/aromatic N) is 8. The second kappa shape index (κ2) is 14.8. The monoisotopic (exact) mass is 755 g/mol. The number of aromatic nitrogens is 7. The number of nitrogens with one attached hydrogen (secondary N) is 3. The molecule has 1 aliphatic carbocycles. The number of halogens is 7. The van der Waals surface area contributed by atoms with Gasteiger partial charge in [-0.15, -0.1) is 5.10 Å². The predicted octanol–water partition coefficient (Wildman–Crippen LogP) is 5.94. The second-order valence-corrected chi connectivity index (χ2v) is 13.4. The fourth-order valence-electron chi connectivity index (χ4n) is 5.07. The zero-order valence-corrected chi connectivity index (χ0v) is 28.5. The molecule has 0 radical (unpaired) electrons. The van der Waals surface area contributed by atoms with Crippen LogP contribution < -0.4 is 10.6 Å². The standard InChI is InChI=1S/C31H32ClF6N11O3/c1-29(2,3)10-11-40-27(39)48(26(50)18-5-7-21(20(33)12-18)47-16-42-45-46-47)23(14-52-28(51)44-30(8-9-30)31(36,37)38)17-4-6-19(32)22(13-17)49-25(24(34)35)41-15-43-49/h4-7,12-13,15-16,23-24H,8-11,14H2,1-3H3,(H2,39,40)(H,44,51)/t23-/m1/s1. The number of benzene rings is 2.